The number of nitrogens with zero attached hydrogens (tertiary/aromatic N) is 2. The number of anilines is 2. The number of allylic oxidation sites excluding steroid dienone is 4. The molecule has 1 heterocycles. The van der Waals surface area contributed by atoms with E-state index in [9.17, 15) is 0 Å². The van der Waals surface area contributed by atoms with E-state index in [1.165, 1.54) is 55.3 Å². The highest BCUT2D eigenvalue weighted by atomic mass is 15.1. The first-order chi connectivity index (χ1) is 23.7. The van der Waals surface area contributed by atoms with Crippen LogP contribution in [-0.2, 0) is 10.8 Å². The van der Waals surface area contributed by atoms with Crippen molar-refractivity contribution in [2.75, 3.05) is 4.90 Å². The molecule has 0 fully saturated rings. The third-order valence-corrected chi connectivity index (χ3v) is 10.7. The van der Waals surface area contributed by atoms with Crippen LogP contribution in [0.15, 0.2) is 145 Å². The molecule has 0 bridgehead atoms. The number of fused-ring (bicyclic) bond motifs is 6. The third-order valence-electron chi connectivity index (χ3n) is 10.7. The first-order valence-corrected chi connectivity index (χ1v) is 17.9. The zero-order valence-electron chi connectivity index (χ0n) is 31.2. The Morgan fingerprint density at radius 1 is 0.660 bits per heavy atom. The molecule has 5 aromatic carbocycles. The fraction of sp³-hybridized carbons (Fsp3) is 0.250. The van der Waals surface area contributed by atoms with Crippen molar-refractivity contribution >= 4 is 33.2 Å². The van der Waals surface area contributed by atoms with Gasteiger partial charge < -0.3 is 9.47 Å². The molecule has 0 radical (unpaired) electrons. The zero-order chi connectivity index (χ0) is 35.6. The van der Waals surface area contributed by atoms with E-state index in [1.54, 1.807) is 0 Å². The Bertz CT molecular complexity index is 2310. The average molecular weight is 655 g/mol. The normalized spacial score (nSPS) is 14.4. The molecule has 1 aliphatic carbocycles. The van der Waals surface area contributed by atoms with Crippen LogP contribution in [0.4, 0.5) is 11.4 Å². The van der Waals surface area contributed by atoms with Gasteiger partial charge in [0.1, 0.15) is 0 Å². The molecular weight excluding hydrogens is 605 g/mol. The Labute approximate surface area is 299 Å². The predicted octanol–water partition coefficient (Wildman–Crippen LogP) is 13.6. The van der Waals surface area contributed by atoms with E-state index in [-0.39, 0.29) is 16.2 Å². The van der Waals surface area contributed by atoms with Gasteiger partial charge in [0.15, 0.2) is 0 Å². The Morgan fingerprint density at radius 3 is 1.96 bits per heavy atom. The summed E-state index contributed by atoms with van der Waals surface area (Å²) >= 11 is 0. The minimum Gasteiger partial charge on any atom is -0.311 e. The molecule has 0 unspecified atom stereocenters. The van der Waals surface area contributed by atoms with Gasteiger partial charge in [-0.05, 0) is 112 Å². The van der Waals surface area contributed by atoms with Gasteiger partial charge in [-0.1, -0.05) is 129 Å². The van der Waals surface area contributed by atoms with E-state index >= 15 is 0 Å². The molecule has 0 amide bonds. The van der Waals surface area contributed by atoms with Gasteiger partial charge in [0, 0.05) is 38.9 Å². The van der Waals surface area contributed by atoms with Gasteiger partial charge in [-0.25, -0.2) is 0 Å². The quantitative estimate of drug-likeness (QED) is 0.162. The topological polar surface area (TPSA) is 8.17 Å². The van der Waals surface area contributed by atoms with Crippen LogP contribution in [0.5, 0.6) is 0 Å². The molecule has 0 saturated heterocycles. The Morgan fingerprint density at radius 2 is 1.30 bits per heavy atom. The molecule has 50 heavy (non-hydrogen) atoms. The third kappa shape index (κ3) is 5.61. The van der Waals surface area contributed by atoms with Crippen LogP contribution in [-0.4, -0.2) is 4.57 Å². The number of para-hydroxylation sites is 2. The highest BCUT2D eigenvalue weighted by Gasteiger charge is 2.37. The molecule has 0 saturated carbocycles. The molecule has 7 rings (SSSR count). The number of rotatable bonds is 6. The zero-order valence-corrected chi connectivity index (χ0v) is 31.2. The van der Waals surface area contributed by atoms with Gasteiger partial charge >= 0.3 is 0 Å². The van der Waals surface area contributed by atoms with Gasteiger partial charge in [0.25, 0.3) is 0 Å². The molecule has 6 aromatic rings. The van der Waals surface area contributed by atoms with Gasteiger partial charge in [-0.15, -0.1) is 0 Å². The van der Waals surface area contributed by atoms with Crippen LogP contribution in [0.3, 0.4) is 0 Å². The van der Waals surface area contributed by atoms with Crippen molar-refractivity contribution in [1.82, 2.24) is 4.57 Å². The number of aromatic nitrogens is 1. The molecule has 1 aromatic heterocycles. The molecular formula is C48H50N2. The van der Waals surface area contributed by atoms with Crippen molar-refractivity contribution in [3.63, 3.8) is 0 Å². The van der Waals surface area contributed by atoms with Crippen molar-refractivity contribution in [2.24, 2.45) is 5.41 Å². The van der Waals surface area contributed by atoms with E-state index in [0.29, 0.717) is 0 Å². The summed E-state index contributed by atoms with van der Waals surface area (Å²) in [5, 5.41) is 2.58. The monoisotopic (exact) mass is 654 g/mol. The van der Waals surface area contributed by atoms with E-state index in [4.69, 9.17) is 0 Å². The summed E-state index contributed by atoms with van der Waals surface area (Å²) in [7, 11) is 0. The fourth-order valence-corrected chi connectivity index (χ4v) is 7.47. The minimum atomic E-state index is -0.182. The van der Waals surface area contributed by atoms with Gasteiger partial charge in [0.2, 0.25) is 0 Å². The maximum atomic E-state index is 4.39. The largest absolute Gasteiger partial charge is 0.311 e. The Kier molecular flexibility index (Phi) is 8.06. The molecule has 0 spiro atoms. The Balaban J connectivity index is 1.40. The van der Waals surface area contributed by atoms with Crippen molar-refractivity contribution < 1.29 is 0 Å². The maximum absolute atomic E-state index is 4.39. The average Bonchev–Trinajstić information content (AvgIpc) is 3.53. The summed E-state index contributed by atoms with van der Waals surface area (Å²) in [5.41, 5.74) is 14.7. The summed E-state index contributed by atoms with van der Waals surface area (Å²) in [6, 6.07) is 40.6. The summed E-state index contributed by atoms with van der Waals surface area (Å²) in [6.45, 7) is 24.7. The van der Waals surface area contributed by atoms with Crippen LogP contribution in [0.25, 0.3) is 38.6 Å². The molecule has 2 heteroatoms. The van der Waals surface area contributed by atoms with E-state index in [0.717, 1.165) is 22.6 Å². The van der Waals surface area contributed by atoms with Crippen molar-refractivity contribution in [2.45, 2.75) is 73.1 Å². The molecule has 2 nitrogen and oxygen atoms in total. The van der Waals surface area contributed by atoms with Crippen LogP contribution in [0, 0.1) is 5.41 Å². The van der Waals surface area contributed by atoms with Crippen molar-refractivity contribution in [3.05, 3.63) is 162 Å². The molecule has 0 N–H and O–H groups in total. The summed E-state index contributed by atoms with van der Waals surface area (Å²) < 4.78 is 2.42. The fourth-order valence-electron chi connectivity index (χ4n) is 7.47. The van der Waals surface area contributed by atoms with Gasteiger partial charge in [-0.3, -0.25) is 0 Å². The Hall–Kier alpha value is -5.08. The SMILES string of the molecule is C=C(/C=C\C(=C/C)N(c1ccc(C(C)(C)C)cc1)c1ccc2c(c1)C(C)(C)c1cc3c4ccccc4n(-c4ccccc4)c3cc1-2)C(C)(C)C. The smallest absolute Gasteiger partial charge is 0.0547 e. The number of hydrogen-bond acceptors (Lipinski definition) is 1. The molecule has 0 atom stereocenters. The number of benzene rings is 5. The van der Waals surface area contributed by atoms with Crippen LogP contribution in [0.2, 0.25) is 0 Å². The predicted molar refractivity (Wildman–Crippen MR) is 217 cm³/mol. The first kappa shape index (κ1) is 33.4. The summed E-state index contributed by atoms with van der Waals surface area (Å²) in [6.07, 6.45) is 6.60. The second kappa shape index (κ2) is 12.1. The summed E-state index contributed by atoms with van der Waals surface area (Å²) in [4.78, 5) is 2.39. The van der Waals surface area contributed by atoms with Crippen LogP contribution in [0.1, 0.15) is 79.0 Å². The summed E-state index contributed by atoms with van der Waals surface area (Å²) in [5.74, 6) is 0. The van der Waals surface area contributed by atoms with E-state index in [2.05, 4.69) is 206 Å². The van der Waals surface area contributed by atoms with Gasteiger partial charge in [0.05, 0.1) is 11.0 Å². The molecule has 0 aliphatic heterocycles. The standard InChI is InChI=1S/C48H50N2/c1-11-34(24-21-32(2)46(3,4)5)49(36-25-22-33(23-26-36)47(6,7)8)37-27-28-38-40-31-45-41(30-43(40)48(9,10)42(38)29-37)39-19-15-16-20-44(39)50(45)35-17-13-12-14-18-35/h11-31H,2H2,1,3-10H3/b24-21-,34-11+. The lowest BCUT2D eigenvalue weighted by atomic mass is 9.82. The lowest BCUT2D eigenvalue weighted by Gasteiger charge is -2.30. The lowest BCUT2D eigenvalue weighted by molar-refractivity contribution is 0.519. The van der Waals surface area contributed by atoms with Crippen molar-refractivity contribution in [3.8, 4) is 16.8 Å². The first-order valence-electron chi connectivity index (χ1n) is 17.9. The maximum Gasteiger partial charge on any atom is 0.0547 e. The highest BCUT2D eigenvalue weighted by Crippen LogP contribution is 2.52. The second-order valence-corrected chi connectivity index (χ2v) is 16.4. The van der Waals surface area contributed by atoms with E-state index < -0.39 is 0 Å². The lowest BCUT2D eigenvalue weighted by Crippen LogP contribution is -2.19. The minimum absolute atomic E-state index is 0.00516. The van der Waals surface area contributed by atoms with E-state index in [1.807, 2.05) is 0 Å². The van der Waals surface area contributed by atoms with Crippen molar-refractivity contribution in [1.29, 1.82) is 0 Å². The molecule has 252 valence electrons. The second-order valence-electron chi connectivity index (χ2n) is 16.4. The highest BCUT2D eigenvalue weighted by molar-refractivity contribution is 6.11. The van der Waals surface area contributed by atoms with Gasteiger partial charge in [-0.2, -0.15) is 0 Å². The van der Waals surface area contributed by atoms with Crippen LogP contribution < -0.4 is 4.90 Å². The number of hydrogen-bond donors (Lipinski definition) is 0. The van der Waals surface area contributed by atoms with Crippen LogP contribution >= 0.6 is 0 Å². The molecule has 1 aliphatic rings.